The van der Waals surface area contributed by atoms with Gasteiger partial charge in [-0.1, -0.05) is 48.0 Å². The van der Waals surface area contributed by atoms with E-state index < -0.39 is 11.9 Å². The van der Waals surface area contributed by atoms with Gasteiger partial charge in [0.2, 0.25) is 0 Å². The van der Waals surface area contributed by atoms with E-state index in [-0.39, 0.29) is 5.57 Å². The van der Waals surface area contributed by atoms with Crippen LogP contribution in [0.4, 0.5) is 5.69 Å². The van der Waals surface area contributed by atoms with Crippen molar-refractivity contribution in [1.82, 2.24) is 0 Å². The van der Waals surface area contributed by atoms with Crippen LogP contribution in [0.2, 0.25) is 0 Å². The summed E-state index contributed by atoms with van der Waals surface area (Å²) in [5.74, 6) is -1.90. The number of para-hydroxylation sites is 1. The fourth-order valence-electron chi connectivity index (χ4n) is 1.77. The topological polar surface area (TPSA) is 66.4 Å². The van der Waals surface area contributed by atoms with Gasteiger partial charge in [-0.2, -0.15) is 0 Å². The molecule has 106 valence electrons. The molecule has 0 spiro atoms. The maximum Gasteiger partial charge on any atom is 0.341 e. The molecule has 2 aromatic rings. The summed E-state index contributed by atoms with van der Waals surface area (Å²) in [6.07, 6.45) is 1.36. The number of carboxylic acids is 1. The van der Waals surface area contributed by atoms with Crippen LogP contribution in [-0.4, -0.2) is 17.0 Å². The molecule has 0 unspecified atom stereocenters. The standard InChI is InChI=1S/C17H15NO3/c1-12-7-9-13(10-8-12)11-15(17(20)21)16(19)18-14-5-3-2-4-6-14/h2-11H,1H3,(H,18,19)(H,20,21). The van der Waals surface area contributed by atoms with Crippen LogP contribution >= 0.6 is 0 Å². The summed E-state index contributed by atoms with van der Waals surface area (Å²) in [5, 5.41) is 11.8. The third-order valence-corrected chi connectivity index (χ3v) is 2.90. The largest absolute Gasteiger partial charge is 0.477 e. The third-order valence-electron chi connectivity index (χ3n) is 2.90. The maximum absolute atomic E-state index is 12.1. The Morgan fingerprint density at radius 2 is 1.62 bits per heavy atom. The molecule has 2 aromatic carbocycles. The van der Waals surface area contributed by atoms with Crippen LogP contribution in [0.1, 0.15) is 11.1 Å². The lowest BCUT2D eigenvalue weighted by molar-refractivity contribution is -0.134. The Kier molecular flexibility index (Phi) is 4.51. The highest BCUT2D eigenvalue weighted by molar-refractivity contribution is 6.23. The van der Waals surface area contributed by atoms with E-state index in [0.29, 0.717) is 11.3 Å². The Morgan fingerprint density at radius 3 is 2.19 bits per heavy atom. The zero-order chi connectivity index (χ0) is 15.2. The monoisotopic (exact) mass is 281 g/mol. The van der Waals surface area contributed by atoms with Crippen molar-refractivity contribution in [1.29, 1.82) is 0 Å². The second kappa shape index (κ2) is 6.52. The normalized spacial score (nSPS) is 11.0. The molecular weight excluding hydrogens is 266 g/mol. The summed E-state index contributed by atoms with van der Waals surface area (Å²) in [5.41, 5.74) is 1.99. The predicted octanol–water partition coefficient (Wildman–Crippen LogP) is 3.10. The van der Waals surface area contributed by atoms with Crippen molar-refractivity contribution in [3.05, 3.63) is 71.3 Å². The number of rotatable bonds is 4. The Morgan fingerprint density at radius 1 is 1.00 bits per heavy atom. The quantitative estimate of drug-likeness (QED) is 0.514. The summed E-state index contributed by atoms with van der Waals surface area (Å²) in [6.45, 7) is 1.94. The lowest BCUT2D eigenvalue weighted by atomic mass is 10.1. The van der Waals surface area contributed by atoms with E-state index in [1.807, 2.05) is 25.1 Å². The zero-order valence-corrected chi connectivity index (χ0v) is 11.5. The molecule has 4 heteroatoms. The van der Waals surface area contributed by atoms with Gasteiger partial charge in [0, 0.05) is 5.69 Å². The van der Waals surface area contributed by atoms with Gasteiger partial charge in [-0.3, -0.25) is 4.79 Å². The number of nitrogens with one attached hydrogen (secondary N) is 1. The number of aliphatic carboxylic acids is 1. The van der Waals surface area contributed by atoms with Crippen LogP contribution in [0.25, 0.3) is 6.08 Å². The molecule has 1 amide bonds. The number of anilines is 1. The van der Waals surface area contributed by atoms with E-state index >= 15 is 0 Å². The van der Waals surface area contributed by atoms with E-state index in [4.69, 9.17) is 0 Å². The second-order valence-corrected chi connectivity index (χ2v) is 4.59. The van der Waals surface area contributed by atoms with Gasteiger partial charge in [0.05, 0.1) is 0 Å². The first-order valence-corrected chi connectivity index (χ1v) is 6.44. The lowest BCUT2D eigenvalue weighted by Gasteiger charge is -2.06. The van der Waals surface area contributed by atoms with Gasteiger partial charge in [-0.25, -0.2) is 4.79 Å². The molecule has 2 N–H and O–H groups in total. The van der Waals surface area contributed by atoms with Gasteiger partial charge >= 0.3 is 5.97 Å². The lowest BCUT2D eigenvalue weighted by Crippen LogP contribution is -2.20. The molecule has 0 atom stereocenters. The molecule has 0 aliphatic heterocycles. The molecule has 0 fully saturated rings. The summed E-state index contributed by atoms with van der Waals surface area (Å²) < 4.78 is 0. The Labute approximate surface area is 122 Å². The first-order valence-electron chi connectivity index (χ1n) is 6.44. The molecule has 4 nitrogen and oxygen atoms in total. The van der Waals surface area contributed by atoms with Crippen LogP contribution in [0, 0.1) is 6.92 Å². The summed E-state index contributed by atoms with van der Waals surface area (Å²) in [4.78, 5) is 23.3. The van der Waals surface area contributed by atoms with Gasteiger partial charge in [0.25, 0.3) is 5.91 Å². The minimum atomic E-state index is -1.26. The molecule has 0 aliphatic rings. The summed E-state index contributed by atoms with van der Waals surface area (Å²) >= 11 is 0. The van der Waals surface area contributed by atoms with E-state index in [2.05, 4.69) is 5.32 Å². The number of carboxylic acid groups (broad SMARTS) is 1. The van der Waals surface area contributed by atoms with Gasteiger partial charge in [-0.05, 0) is 30.7 Å². The predicted molar refractivity (Wildman–Crippen MR) is 81.9 cm³/mol. The SMILES string of the molecule is Cc1ccc(C=C(C(=O)O)C(=O)Nc2ccccc2)cc1. The number of hydrogen-bond donors (Lipinski definition) is 2. The average molecular weight is 281 g/mol. The van der Waals surface area contributed by atoms with Crippen LogP contribution in [0.15, 0.2) is 60.2 Å². The van der Waals surface area contributed by atoms with Crippen molar-refractivity contribution in [2.45, 2.75) is 6.92 Å². The van der Waals surface area contributed by atoms with Crippen LogP contribution in [0.5, 0.6) is 0 Å². The maximum atomic E-state index is 12.1. The van der Waals surface area contributed by atoms with Gasteiger partial charge < -0.3 is 10.4 Å². The minimum Gasteiger partial charge on any atom is -0.477 e. The molecule has 0 saturated carbocycles. The number of aryl methyl sites for hydroxylation is 1. The van der Waals surface area contributed by atoms with E-state index in [1.54, 1.807) is 36.4 Å². The Balaban J connectivity index is 2.24. The molecule has 0 aromatic heterocycles. The van der Waals surface area contributed by atoms with Crippen molar-refractivity contribution in [3.63, 3.8) is 0 Å². The highest BCUT2D eigenvalue weighted by atomic mass is 16.4. The van der Waals surface area contributed by atoms with Crippen LogP contribution < -0.4 is 5.32 Å². The number of benzene rings is 2. The molecule has 21 heavy (non-hydrogen) atoms. The highest BCUT2D eigenvalue weighted by Gasteiger charge is 2.17. The number of carbonyl (C=O) groups excluding carboxylic acids is 1. The Bertz CT molecular complexity index is 673. The molecule has 0 radical (unpaired) electrons. The van der Waals surface area contributed by atoms with E-state index in [0.717, 1.165) is 5.56 Å². The van der Waals surface area contributed by atoms with Crippen molar-refractivity contribution in [2.75, 3.05) is 5.32 Å². The first kappa shape index (κ1) is 14.5. The van der Waals surface area contributed by atoms with Gasteiger partial charge in [0.1, 0.15) is 5.57 Å². The van der Waals surface area contributed by atoms with Crippen LogP contribution in [-0.2, 0) is 9.59 Å². The number of carbonyl (C=O) groups is 2. The number of amides is 1. The zero-order valence-electron chi connectivity index (χ0n) is 11.5. The average Bonchev–Trinajstić information content (AvgIpc) is 2.47. The highest BCUT2D eigenvalue weighted by Crippen LogP contribution is 2.12. The van der Waals surface area contributed by atoms with Crippen molar-refractivity contribution >= 4 is 23.6 Å². The molecule has 0 bridgehead atoms. The van der Waals surface area contributed by atoms with Crippen LogP contribution in [0.3, 0.4) is 0 Å². The number of hydrogen-bond acceptors (Lipinski definition) is 2. The summed E-state index contributed by atoms with van der Waals surface area (Å²) in [7, 11) is 0. The first-order chi connectivity index (χ1) is 10.1. The van der Waals surface area contributed by atoms with E-state index in [1.165, 1.54) is 6.08 Å². The minimum absolute atomic E-state index is 0.303. The molecule has 0 aliphatic carbocycles. The fourth-order valence-corrected chi connectivity index (χ4v) is 1.77. The summed E-state index contributed by atoms with van der Waals surface area (Å²) in [6, 6.07) is 16.0. The third kappa shape index (κ3) is 4.04. The van der Waals surface area contributed by atoms with Gasteiger partial charge in [-0.15, -0.1) is 0 Å². The second-order valence-electron chi connectivity index (χ2n) is 4.59. The van der Waals surface area contributed by atoms with Crippen molar-refractivity contribution < 1.29 is 14.7 Å². The molecule has 0 heterocycles. The van der Waals surface area contributed by atoms with E-state index in [9.17, 15) is 14.7 Å². The smallest absolute Gasteiger partial charge is 0.341 e. The molecule has 0 saturated heterocycles. The fraction of sp³-hybridized carbons (Fsp3) is 0.0588. The van der Waals surface area contributed by atoms with Crippen molar-refractivity contribution in [2.24, 2.45) is 0 Å². The molecule has 2 rings (SSSR count). The molecular formula is C17H15NO3. The Hall–Kier alpha value is -2.88. The van der Waals surface area contributed by atoms with Gasteiger partial charge in [0.15, 0.2) is 0 Å². The van der Waals surface area contributed by atoms with Crippen molar-refractivity contribution in [3.8, 4) is 0 Å².